The van der Waals surface area contributed by atoms with Crippen molar-refractivity contribution in [3.05, 3.63) is 24.4 Å². The number of nitrogens with one attached hydrogen (secondary N) is 1. The maximum Gasteiger partial charge on any atom is 0.245 e. The number of hydrogen-bond donors (Lipinski definition) is 2. The molecular formula is C22H26FN9O. The topological polar surface area (TPSA) is 118 Å². The van der Waals surface area contributed by atoms with Gasteiger partial charge in [-0.1, -0.05) is 12.5 Å². The van der Waals surface area contributed by atoms with Crippen LogP contribution in [0.15, 0.2) is 24.4 Å². The molecule has 0 unspecified atom stereocenters. The van der Waals surface area contributed by atoms with Crippen molar-refractivity contribution < 1.29 is 16.4 Å². The number of aryl methyl sites for hydroxylation is 1. The number of fused-ring (bicyclic) bond motifs is 2. The molecule has 2 bridgehead atoms. The third-order valence-corrected chi connectivity index (χ3v) is 6.41. The Kier molecular flexibility index (Phi) is 3.77. The van der Waals surface area contributed by atoms with Gasteiger partial charge in [-0.15, -0.1) is 20.4 Å². The predicted molar refractivity (Wildman–Crippen MR) is 118 cm³/mol. The van der Waals surface area contributed by atoms with Gasteiger partial charge in [-0.2, -0.15) is 4.80 Å². The van der Waals surface area contributed by atoms with Crippen LogP contribution in [0.1, 0.15) is 45.3 Å². The number of anilines is 1. The number of nitrogens with zero attached hydrogens (tertiary/aromatic N) is 8. The Balaban J connectivity index is 1.35. The summed E-state index contributed by atoms with van der Waals surface area (Å²) in [6.45, 7) is 0. The van der Waals surface area contributed by atoms with Crippen molar-refractivity contribution in [3.63, 3.8) is 0 Å². The molecule has 33 heavy (non-hydrogen) atoms. The van der Waals surface area contributed by atoms with Gasteiger partial charge in [-0.05, 0) is 49.4 Å². The lowest BCUT2D eigenvalue weighted by Gasteiger charge is -2.46. The van der Waals surface area contributed by atoms with Crippen molar-refractivity contribution in [1.82, 2.24) is 40.7 Å². The summed E-state index contributed by atoms with van der Waals surface area (Å²) >= 11 is 0. The second kappa shape index (κ2) is 7.98. The number of benzene rings is 1. The molecule has 2 aliphatic heterocycles. The maximum atomic E-state index is 15.7. The van der Waals surface area contributed by atoms with E-state index >= 15 is 4.39 Å². The minimum Gasteiger partial charge on any atom is -0.507 e. The highest BCUT2D eigenvalue weighted by Crippen LogP contribution is 2.39. The number of phenolic OH excluding ortho intramolecular Hbond substituents is 1. The van der Waals surface area contributed by atoms with E-state index in [0.29, 0.717) is 23.4 Å². The zero-order valence-electron chi connectivity index (χ0n) is 22.9. The van der Waals surface area contributed by atoms with Crippen LogP contribution in [0.2, 0.25) is 0 Å². The van der Waals surface area contributed by atoms with Crippen LogP contribution >= 0.6 is 0 Å². The molecule has 10 nitrogen and oxygen atoms in total. The molecule has 3 aliphatic rings. The van der Waals surface area contributed by atoms with Crippen LogP contribution in [-0.2, 0) is 7.05 Å². The highest BCUT2D eigenvalue weighted by Gasteiger charge is 2.47. The van der Waals surface area contributed by atoms with Gasteiger partial charge in [0.1, 0.15) is 17.6 Å². The maximum absolute atomic E-state index is 15.7. The van der Waals surface area contributed by atoms with Gasteiger partial charge in [0, 0.05) is 34.7 Å². The second-order valence-corrected chi connectivity index (χ2v) is 8.59. The lowest BCUT2D eigenvalue weighted by molar-refractivity contribution is 0.103. The summed E-state index contributed by atoms with van der Waals surface area (Å²) in [5, 5.41) is 33.9. The fraction of sp³-hybridized carbons (Fsp3) is 0.545. The molecule has 0 spiro atoms. The number of hydrogen-bond acceptors (Lipinski definition) is 9. The molecule has 1 aromatic carbocycles. The largest absolute Gasteiger partial charge is 0.507 e. The van der Waals surface area contributed by atoms with Crippen molar-refractivity contribution in [3.8, 4) is 28.4 Å². The van der Waals surface area contributed by atoms with Crippen molar-refractivity contribution in [2.45, 2.75) is 68.7 Å². The molecule has 11 heteroatoms. The van der Waals surface area contributed by atoms with Gasteiger partial charge >= 0.3 is 0 Å². The Labute approximate surface area is 197 Å². The smallest absolute Gasteiger partial charge is 0.245 e. The Bertz CT molecular complexity index is 1360. The summed E-state index contributed by atoms with van der Waals surface area (Å²) < 4.78 is 57.5. The average molecular weight is 457 g/mol. The van der Waals surface area contributed by atoms with Gasteiger partial charge in [0.25, 0.3) is 0 Å². The van der Waals surface area contributed by atoms with Crippen LogP contribution in [0.4, 0.5) is 10.3 Å². The molecular weight excluding hydrogens is 425 g/mol. The molecule has 0 amide bonds. The van der Waals surface area contributed by atoms with E-state index in [0.717, 1.165) is 17.7 Å². The summed E-state index contributed by atoms with van der Waals surface area (Å²) in [4.78, 5) is 6.64. The summed E-state index contributed by atoms with van der Waals surface area (Å²) in [6, 6.07) is 0.761. The lowest BCUT2D eigenvalue weighted by Crippen LogP contribution is -2.62. The summed E-state index contributed by atoms with van der Waals surface area (Å²) in [5.74, 6) is -0.0511. The van der Waals surface area contributed by atoms with E-state index in [1.54, 1.807) is 19.2 Å². The van der Waals surface area contributed by atoms with E-state index in [2.05, 4.69) is 35.9 Å². The van der Waals surface area contributed by atoms with E-state index in [-0.39, 0.29) is 29.9 Å². The Morgan fingerprint density at radius 3 is 2.85 bits per heavy atom. The fourth-order valence-corrected chi connectivity index (χ4v) is 4.78. The number of phenols is 1. The predicted octanol–water partition coefficient (Wildman–Crippen LogP) is 2.02. The molecule has 1 aliphatic carbocycles. The minimum absolute atomic E-state index is 0.0289. The monoisotopic (exact) mass is 456 g/mol. The standard InChI is InChI=1S/C22H26FN9O/c1-31-29-21(27-30-31)12-5-8-15(19(33)9-12)17-11-24-22(28-26-17)32(14-6-7-14)18-10-13-3-2-4-16(25-13)20(18)23/h5,8-9,11,13-14,16,18,20,25,33H,2-4,6-7,10H2,1H3/t13-,16-,18-,20+/m0/s1/i6D2,7D2,14D. The Morgan fingerprint density at radius 2 is 2.15 bits per heavy atom. The normalized spacial score (nSPS) is 33.1. The molecule has 0 radical (unpaired) electrons. The number of halogens is 1. The lowest BCUT2D eigenvalue weighted by atomic mass is 9.82. The van der Waals surface area contributed by atoms with Crippen LogP contribution in [0.5, 0.6) is 5.75 Å². The van der Waals surface area contributed by atoms with E-state index in [4.69, 9.17) is 6.85 Å². The van der Waals surface area contributed by atoms with Crippen molar-refractivity contribution in [1.29, 1.82) is 0 Å². The first-order chi connectivity index (χ1) is 18.0. The molecule has 3 fully saturated rings. The Hall–Kier alpha value is -3.21. The number of alkyl halides is 1. The highest BCUT2D eigenvalue weighted by atomic mass is 19.1. The van der Waals surface area contributed by atoms with Crippen LogP contribution in [-0.4, -0.2) is 70.8 Å². The summed E-state index contributed by atoms with van der Waals surface area (Å²) in [6.07, 6.45) is -2.81. The number of aromatic hydroxyl groups is 1. The molecule has 2 aromatic heterocycles. The van der Waals surface area contributed by atoms with E-state index in [1.807, 2.05) is 0 Å². The fourth-order valence-electron chi connectivity index (χ4n) is 4.78. The molecule has 6 rings (SSSR count). The molecule has 2 N–H and O–H groups in total. The van der Waals surface area contributed by atoms with E-state index in [9.17, 15) is 5.11 Å². The van der Waals surface area contributed by atoms with Crippen molar-refractivity contribution in [2.24, 2.45) is 7.05 Å². The molecule has 1 saturated carbocycles. The first kappa shape index (κ1) is 15.6. The third kappa shape index (κ3) is 3.79. The van der Waals surface area contributed by atoms with E-state index in [1.165, 1.54) is 17.1 Å². The van der Waals surface area contributed by atoms with Gasteiger partial charge in [-0.25, -0.2) is 9.37 Å². The molecule has 3 aromatic rings. The SMILES string of the molecule is [2H]C1([2H])C([2H])([2H])C1([2H])N(c1ncc(-c2ccc(-c3nnn(C)n3)cc2O)nn1)[C@H]1C[C@@H]2CCC[C@H](N2)[C@H]1F. The first-order valence-corrected chi connectivity index (χ1v) is 10.9. The van der Waals surface area contributed by atoms with Crippen LogP contribution in [0, 0.1) is 0 Å². The highest BCUT2D eigenvalue weighted by molar-refractivity contribution is 5.71. The van der Waals surface area contributed by atoms with Gasteiger partial charge in [0.2, 0.25) is 11.8 Å². The Morgan fingerprint density at radius 1 is 1.27 bits per heavy atom. The summed E-state index contributed by atoms with van der Waals surface area (Å²) in [5.41, 5.74) is 1.01. The molecule has 4 atom stereocenters. The van der Waals surface area contributed by atoms with Crippen molar-refractivity contribution in [2.75, 3.05) is 4.90 Å². The van der Waals surface area contributed by atoms with E-state index < -0.39 is 37.0 Å². The van der Waals surface area contributed by atoms with Gasteiger partial charge in [0.15, 0.2) is 0 Å². The molecule has 2 saturated heterocycles. The number of aromatic nitrogens is 7. The van der Waals surface area contributed by atoms with Crippen LogP contribution in [0.3, 0.4) is 0 Å². The zero-order valence-corrected chi connectivity index (χ0v) is 17.9. The third-order valence-electron chi connectivity index (χ3n) is 6.41. The minimum atomic E-state index is -2.58. The molecule has 172 valence electrons. The number of rotatable bonds is 5. The van der Waals surface area contributed by atoms with Gasteiger partial charge in [-0.3, -0.25) is 0 Å². The first-order valence-electron chi connectivity index (χ1n) is 13.4. The zero-order chi connectivity index (χ0) is 27.0. The van der Waals surface area contributed by atoms with Gasteiger partial charge < -0.3 is 15.3 Å². The summed E-state index contributed by atoms with van der Waals surface area (Å²) in [7, 11) is 1.62. The van der Waals surface area contributed by atoms with Crippen molar-refractivity contribution >= 4 is 5.95 Å². The number of tetrazole rings is 1. The van der Waals surface area contributed by atoms with Gasteiger partial charge in [0.05, 0.1) is 20.7 Å². The second-order valence-electron chi connectivity index (χ2n) is 8.59. The quantitative estimate of drug-likeness (QED) is 0.594. The van der Waals surface area contributed by atoms with Crippen LogP contribution in [0.25, 0.3) is 22.6 Å². The number of piperidine rings is 2. The van der Waals surface area contributed by atoms with Crippen LogP contribution < -0.4 is 10.2 Å². The average Bonchev–Trinajstić information content (AvgIpc) is 3.18. The molecule has 4 heterocycles.